The Morgan fingerprint density at radius 1 is 1.31 bits per heavy atom. The molecule has 0 spiro atoms. The summed E-state index contributed by atoms with van der Waals surface area (Å²) >= 11 is 0. The Hall–Kier alpha value is -1.51. The zero-order chi connectivity index (χ0) is 9.84. The minimum Gasteiger partial charge on any atom is -0.298 e. The van der Waals surface area contributed by atoms with Crippen molar-refractivity contribution in [1.82, 2.24) is 0 Å². The van der Waals surface area contributed by atoms with Gasteiger partial charge in [0.25, 0.3) is 6.08 Å². The average Bonchev–Trinajstić information content (AvgIpc) is 2.16. The monoisotopic (exact) mass is 182 g/mol. The van der Waals surface area contributed by atoms with Gasteiger partial charge in [0.05, 0.1) is 0 Å². The highest BCUT2D eigenvalue weighted by Gasteiger charge is 2.07. The van der Waals surface area contributed by atoms with Gasteiger partial charge in [0, 0.05) is 11.1 Å². The molecule has 13 heavy (non-hydrogen) atoms. The fourth-order valence-electron chi connectivity index (χ4n) is 1.04. The lowest BCUT2D eigenvalue weighted by Crippen LogP contribution is -1.89. The lowest BCUT2D eigenvalue weighted by molar-refractivity contribution is 0.112. The number of carbonyl (C=O) groups excluding carboxylic acids is 1. The average molecular weight is 182 g/mol. The van der Waals surface area contributed by atoms with Crippen LogP contribution in [0.1, 0.15) is 22.8 Å². The molecule has 0 saturated carbocycles. The molecule has 68 valence electrons. The largest absolute Gasteiger partial charge is 0.298 e. The van der Waals surface area contributed by atoms with E-state index in [4.69, 9.17) is 0 Å². The molecule has 0 aliphatic carbocycles. The van der Waals surface area contributed by atoms with Crippen molar-refractivity contribution in [2.24, 2.45) is 0 Å². The van der Waals surface area contributed by atoms with Crippen LogP contribution in [0.3, 0.4) is 0 Å². The second-order valence-electron chi connectivity index (χ2n) is 2.59. The van der Waals surface area contributed by atoms with Crippen LogP contribution in [-0.2, 0) is 0 Å². The van der Waals surface area contributed by atoms with Crippen LogP contribution in [0.25, 0.3) is 5.57 Å². The fraction of sp³-hybridized carbons (Fsp3) is 0.100. The first-order chi connectivity index (χ1) is 6.16. The van der Waals surface area contributed by atoms with Crippen molar-refractivity contribution in [2.45, 2.75) is 6.92 Å². The maximum atomic E-state index is 12.2. The molecule has 0 aliphatic rings. The summed E-state index contributed by atoms with van der Waals surface area (Å²) in [6, 6.07) is 6.26. The molecule has 0 heterocycles. The molecular weight excluding hydrogens is 174 g/mol. The van der Waals surface area contributed by atoms with E-state index in [2.05, 4.69) is 0 Å². The highest BCUT2D eigenvalue weighted by Crippen LogP contribution is 2.22. The molecule has 1 nitrogen and oxygen atoms in total. The van der Waals surface area contributed by atoms with Gasteiger partial charge in [-0.2, -0.15) is 8.78 Å². The van der Waals surface area contributed by atoms with Gasteiger partial charge in [-0.15, -0.1) is 0 Å². The minimum atomic E-state index is -1.76. The van der Waals surface area contributed by atoms with Gasteiger partial charge in [0.15, 0.2) is 6.29 Å². The number of halogens is 2. The molecule has 0 bridgehead atoms. The lowest BCUT2D eigenvalue weighted by Gasteiger charge is -2.02. The first-order valence-corrected chi connectivity index (χ1v) is 3.73. The molecule has 0 atom stereocenters. The Kier molecular flexibility index (Phi) is 2.90. The number of rotatable bonds is 2. The maximum Gasteiger partial charge on any atom is 0.273 e. The van der Waals surface area contributed by atoms with Crippen molar-refractivity contribution in [3.05, 3.63) is 41.5 Å². The third kappa shape index (κ3) is 1.99. The number of aldehydes is 1. The first-order valence-electron chi connectivity index (χ1n) is 3.73. The topological polar surface area (TPSA) is 17.1 Å². The molecule has 0 amide bonds. The van der Waals surface area contributed by atoms with Crippen molar-refractivity contribution >= 4 is 11.9 Å². The quantitative estimate of drug-likeness (QED) is 0.642. The first kappa shape index (κ1) is 9.58. The fourth-order valence-corrected chi connectivity index (χ4v) is 1.04. The molecule has 1 aromatic carbocycles. The van der Waals surface area contributed by atoms with Crippen LogP contribution < -0.4 is 0 Å². The molecule has 3 heteroatoms. The summed E-state index contributed by atoms with van der Waals surface area (Å²) in [6.07, 6.45) is -1.18. The van der Waals surface area contributed by atoms with Crippen molar-refractivity contribution in [3.8, 4) is 0 Å². The second-order valence-corrected chi connectivity index (χ2v) is 2.59. The van der Waals surface area contributed by atoms with E-state index in [0.717, 1.165) is 0 Å². The zero-order valence-electron chi connectivity index (χ0n) is 7.05. The Labute approximate surface area is 74.7 Å². The summed E-state index contributed by atoms with van der Waals surface area (Å²) in [6.45, 7) is 1.29. The van der Waals surface area contributed by atoms with E-state index in [-0.39, 0.29) is 16.7 Å². The normalized spacial score (nSPS) is 9.46. The standard InChI is InChI=1S/C10H8F2O/c1-7(10(11)12)9-5-3-2-4-8(9)6-13/h2-6H,1H3. The molecule has 0 radical (unpaired) electrons. The van der Waals surface area contributed by atoms with Crippen LogP contribution in [0.15, 0.2) is 30.3 Å². The molecule has 0 saturated heterocycles. The predicted octanol–water partition coefficient (Wildman–Crippen LogP) is 3.13. The smallest absolute Gasteiger partial charge is 0.273 e. The van der Waals surface area contributed by atoms with Crippen LogP contribution in [0.5, 0.6) is 0 Å². The molecule has 0 N–H and O–H groups in total. The highest BCUT2D eigenvalue weighted by atomic mass is 19.3. The number of hydrogen-bond donors (Lipinski definition) is 0. The van der Waals surface area contributed by atoms with Crippen molar-refractivity contribution < 1.29 is 13.6 Å². The molecule has 0 unspecified atom stereocenters. The Bertz CT molecular complexity index is 352. The minimum absolute atomic E-state index is 0.150. The summed E-state index contributed by atoms with van der Waals surface area (Å²) in [5.41, 5.74) is 0.424. The van der Waals surface area contributed by atoms with E-state index in [9.17, 15) is 13.6 Å². The summed E-state index contributed by atoms with van der Waals surface area (Å²) in [5, 5.41) is 0. The van der Waals surface area contributed by atoms with Gasteiger partial charge in [0.2, 0.25) is 0 Å². The summed E-state index contributed by atoms with van der Waals surface area (Å²) < 4.78 is 24.4. The molecule has 0 aromatic heterocycles. The summed E-state index contributed by atoms with van der Waals surface area (Å²) in [7, 11) is 0. The SMILES string of the molecule is CC(=C(F)F)c1ccccc1C=O. The molecule has 1 aromatic rings. The number of carbonyl (C=O) groups is 1. The second kappa shape index (κ2) is 3.94. The van der Waals surface area contributed by atoms with Gasteiger partial charge >= 0.3 is 0 Å². The van der Waals surface area contributed by atoms with E-state index in [1.165, 1.54) is 19.1 Å². The van der Waals surface area contributed by atoms with Crippen molar-refractivity contribution in [3.63, 3.8) is 0 Å². The zero-order valence-corrected chi connectivity index (χ0v) is 7.05. The maximum absolute atomic E-state index is 12.2. The molecular formula is C10H8F2O. The van der Waals surface area contributed by atoms with Gasteiger partial charge in [-0.25, -0.2) is 0 Å². The van der Waals surface area contributed by atoms with Gasteiger partial charge in [-0.3, -0.25) is 4.79 Å². The third-order valence-corrected chi connectivity index (χ3v) is 1.78. The van der Waals surface area contributed by atoms with E-state index in [1.807, 2.05) is 0 Å². The molecule has 0 aliphatic heterocycles. The van der Waals surface area contributed by atoms with E-state index < -0.39 is 6.08 Å². The Balaban J connectivity index is 3.29. The van der Waals surface area contributed by atoms with Gasteiger partial charge in [-0.1, -0.05) is 24.3 Å². The highest BCUT2D eigenvalue weighted by molar-refractivity contribution is 5.85. The van der Waals surface area contributed by atoms with Crippen LogP contribution in [0.2, 0.25) is 0 Å². The number of benzene rings is 1. The number of hydrogen-bond acceptors (Lipinski definition) is 1. The lowest BCUT2D eigenvalue weighted by atomic mass is 10.0. The van der Waals surface area contributed by atoms with Crippen LogP contribution in [-0.4, -0.2) is 6.29 Å². The van der Waals surface area contributed by atoms with Gasteiger partial charge < -0.3 is 0 Å². The third-order valence-electron chi connectivity index (χ3n) is 1.78. The van der Waals surface area contributed by atoms with Crippen molar-refractivity contribution in [1.29, 1.82) is 0 Å². The Morgan fingerprint density at radius 3 is 2.46 bits per heavy atom. The molecule has 0 fully saturated rings. The van der Waals surface area contributed by atoms with Crippen LogP contribution in [0, 0.1) is 0 Å². The Morgan fingerprint density at radius 2 is 1.92 bits per heavy atom. The van der Waals surface area contributed by atoms with Crippen LogP contribution in [0.4, 0.5) is 8.78 Å². The van der Waals surface area contributed by atoms with E-state index in [1.54, 1.807) is 12.1 Å². The summed E-state index contributed by atoms with van der Waals surface area (Å²) in [5.74, 6) is 0. The van der Waals surface area contributed by atoms with E-state index >= 15 is 0 Å². The predicted molar refractivity (Wildman–Crippen MR) is 46.6 cm³/mol. The van der Waals surface area contributed by atoms with E-state index in [0.29, 0.717) is 6.29 Å². The van der Waals surface area contributed by atoms with Crippen LogP contribution >= 0.6 is 0 Å². The van der Waals surface area contributed by atoms with Gasteiger partial charge in [0.1, 0.15) is 0 Å². The number of allylic oxidation sites excluding steroid dienone is 1. The summed E-state index contributed by atoms with van der Waals surface area (Å²) in [4.78, 5) is 10.5. The van der Waals surface area contributed by atoms with Crippen molar-refractivity contribution in [2.75, 3.05) is 0 Å². The molecule has 1 rings (SSSR count). The van der Waals surface area contributed by atoms with Gasteiger partial charge in [-0.05, 0) is 12.5 Å².